The number of rotatable bonds is 1. The lowest BCUT2D eigenvalue weighted by atomic mass is 10.1. The number of carbonyl (C=O) groups is 1. The molecular formula is C21H21N3O. The lowest BCUT2D eigenvalue weighted by molar-refractivity contribution is 0.189. The minimum atomic E-state index is -0.0810. The van der Waals surface area contributed by atoms with E-state index in [9.17, 15) is 4.79 Å². The molecular weight excluding hydrogens is 310 g/mol. The van der Waals surface area contributed by atoms with Gasteiger partial charge in [-0.25, -0.2) is 4.79 Å². The molecule has 0 fully saturated rings. The molecule has 4 heteroatoms. The molecule has 1 atom stereocenters. The summed E-state index contributed by atoms with van der Waals surface area (Å²) in [4.78, 5) is 14.9. The minimum absolute atomic E-state index is 0.0211. The standard InChI is InChI=1S/C21H21N3O/c1-15-7-5-9-18(13-15)22-21(25)24-14-17-8-3-4-10-20(17)23-12-6-11-19(23)16(24)2/h3-13,16H,14H2,1-2H3,(H,22,25)/t16-/m1/s1. The molecule has 0 spiro atoms. The Labute approximate surface area is 147 Å². The Morgan fingerprint density at radius 2 is 1.92 bits per heavy atom. The lowest BCUT2D eigenvalue weighted by Crippen LogP contribution is -2.36. The highest BCUT2D eigenvalue weighted by molar-refractivity contribution is 5.89. The van der Waals surface area contributed by atoms with Gasteiger partial charge in [-0.3, -0.25) is 0 Å². The summed E-state index contributed by atoms with van der Waals surface area (Å²) in [6, 6.07) is 20.1. The number of hydrogen-bond acceptors (Lipinski definition) is 1. The van der Waals surface area contributed by atoms with Crippen LogP contribution in [0, 0.1) is 6.92 Å². The fourth-order valence-corrected chi connectivity index (χ4v) is 3.48. The highest BCUT2D eigenvalue weighted by Crippen LogP contribution is 2.32. The predicted molar refractivity (Wildman–Crippen MR) is 99.9 cm³/mol. The monoisotopic (exact) mass is 331 g/mol. The Bertz CT molecular complexity index is 928. The van der Waals surface area contributed by atoms with Crippen LogP contribution in [0.3, 0.4) is 0 Å². The molecule has 1 aromatic heterocycles. The number of para-hydroxylation sites is 1. The average molecular weight is 331 g/mol. The quantitative estimate of drug-likeness (QED) is 0.677. The zero-order valence-electron chi connectivity index (χ0n) is 14.4. The summed E-state index contributed by atoms with van der Waals surface area (Å²) >= 11 is 0. The smallest absolute Gasteiger partial charge is 0.318 e. The number of benzene rings is 2. The number of amides is 2. The number of nitrogens with one attached hydrogen (secondary N) is 1. The average Bonchev–Trinajstić information content (AvgIpc) is 3.05. The van der Waals surface area contributed by atoms with Gasteiger partial charge in [-0.05, 0) is 55.3 Å². The van der Waals surface area contributed by atoms with Gasteiger partial charge in [0.15, 0.2) is 0 Å². The number of fused-ring (bicyclic) bond motifs is 3. The van der Waals surface area contributed by atoms with E-state index >= 15 is 0 Å². The van der Waals surface area contributed by atoms with Crippen LogP contribution in [0.25, 0.3) is 5.69 Å². The van der Waals surface area contributed by atoms with Crippen molar-refractivity contribution in [3.05, 3.63) is 83.7 Å². The number of urea groups is 1. The molecule has 2 aromatic carbocycles. The highest BCUT2D eigenvalue weighted by Gasteiger charge is 2.28. The van der Waals surface area contributed by atoms with Crippen LogP contribution in [-0.2, 0) is 6.54 Å². The van der Waals surface area contributed by atoms with Gasteiger partial charge in [0.1, 0.15) is 0 Å². The third-order valence-electron chi connectivity index (χ3n) is 4.80. The molecule has 126 valence electrons. The molecule has 0 saturated carbocycles. The Balaban J connectivity index is 1.70. The van der Waals surface area contributed by atoms with Crippen molar-refractivity contribution in [1.82, 2.24) is 9.47 Å². The number of anilines is 1. The number of aromatic nitrogens is 1. The zero-order chi connectivity index (χ0) is 17.4. The molecule has 0 saturated heterocycles. The second-order valence-electron chi connectivity index (χ2n) is 6.54. The van der Waals surface area contributed by atoms with Crippen molar-refractivity contribution in [3.63, 3.8) is 0 Å². The summed E-state index contributed by atoms with van der Waals surface area (Å²) in [6.45, 7) is 4.68. The summed E-state index contributed by atoms with van der Waals surface area (Å²) in [5, 5.41) is 3.04. The molecule has 4 nitrogen and oxygen atoms in total. The van der Waals surface area contributed by atoms with Crippen LogP contribution in [0.15, 0.2) is 66.9 Å². The van der Waals surface area contributed by atoms with Crippen molar-refractivity contribution < 1.29 is 4.79 Å². The van der Waals surface area contributed by atoms with E-state index in [4.69, 9.17) is 0 Å². The topological polar surface area (TPSA) is 37.3 Å². The first kappa shape index (κ1) is 15.5. The van der Waals surface area contributed by atoms with E-state index in [1.165, 1.54) is 0 Å². The molecule has 2 amide bonds. The summed E-state index contributed by atoms with van der Waals surface area (Å²) in [7, 11) is 0. The highest BCUT2D eigenvalue weighted by atomic mass is 16.2. The first-order chi connectivity index (χ1) is 12.1. The van der Waals surface area contributed by atoms with Crippen molar-refractivity contribution in [2.45, 2.75) is 26.4 Å². The number of hydrogen-bond donors (Lipinski definition) is 1. The summed E-state index contributed by atoms with van der Waals surface area (Å²) in [5.74, 6) is 0. The number of nitrogens with zero attached hydrogens (tertiary/aromatic N) is 2. The Morgan fingerprint density at radius 1 is 1.08 bits per heavy atom. The van der Waals surface area contributed by atoms with Crippen molar-refractivity contribution in [2.75, 3.05) is 5.32 Å². The second kappa shape index (κ2) is 6.13. The SMILES string of the molecule is Cc1cccc(NC(=O)N2Cc3ccccc3-n3cccc3[C@H]2C)c1. The van der Waals surface area contributed by atoms with Gasteiger partial charge >= 0.3 is 6.03 Å². The number of carbonyl (C=O) groups excluding carboxylic acids is 1. The summed E-state index contributed by atoms with van der Waals surface area (Å²) in [5.41, 5.74) is 5.35. The van der Waals surface area contributed by atoms with E-state index in [0.717, 1.165) is 28.2 Å². The number of aryl methyl sites for hydroxylation is 1. The molecule has 1 aliphatic rings. The van der Waals surface area contributed by atoms with Crippen molar-refractivity contribution in [2.24, 2.45) is 0 Å². The fourth-order valence-electron chi connectivity index (χ4n) is 3.48. The normalized spacial score (nSPS) is 15.9. The second-order valence-corrected chi connectivity index (χ2v) is 6.54. The summed E-state index contributed by atoms with van der Waals surface area (Å²) < 4.78 is 2.18. The fraction of sp³-hybridized carbons (Fsp3) is 0.190. The third kappa shape index (κ3) is 2.80. The van der Waals surface area contributed by atoms with Crippen LogP contribution in [0.1, 0.15) is 29.8 Å². The molecule has 2 heterocycles. The molecule has 0 bridgehead atoms. The maximum absolute atomic E-state index is 13.0. The molecule has 1 N–H and O–H groups in total. The van der Waals surface area contributed by atoms with Gasteiger partial charge in [-0.1, -0.05) is 30.3 Å². The van der Waals surface area contributed by atoms with Crippen LogP contribution >= 0.6 is 0 Å². The first-order valence-electron chi connectivity index (χ1n) is 8.53. The van der Waals surface area contributed by atoms with Gasteiger partial charge in [-0.15, -0.1) is 0 Å². The zero-order valence-corrected chi connectivity index (χ0v) is 14.4. The Morgan fingerprint density at radius 3 is 2.76 bits per heavy atom. The summed E-state index contributed by atoms with van der Waals surface area (Å²) in [6.07, 6.45) is 2.06. The van der Waals surface area contributed by atoms with Crippen LogP contribution in [0.5, 0.6) is 0 Å². The van der Waals surface area contributed by atoms with Gasteiger partial charge < -0.3 is 14.8 Å². The van der Waals surface area contributed by atoms with Gasteiger partial charge in [0.05, 0.1) is 18.3 Å². The molecule has 3 aromatic rings. The van der Waals surface area contributed by atoms with Gasteiger partial charge in [-0.2, -0.15) is 0 Å². The maximum Gasteiger partial charge on any atom is 0.322 e. The van der Waals surface area contributed by atoms with E-state index in [1.807, 2.05) is 54.3 Å². The molecule has 25 heavy (non-hydrogen) atoms. The molecule has 0 radical (unpaired) electrons. The third-order valence-corrected chi connectivity index (χ3v) is 4.80. The molecule has 0 unspecified atom stereocenters. The lowest BCUT2D eigenvalue weighted by Gasteiger charge is -2.27. The van der Waals surface area contributed by atoms with Crippen LogP contribution in [0.4, 0.5) is 10.5 Å². The van der Waals surface area contributed by atoms with Gasteiger partial charge in [0.2, 0.25) is 0 Å². The van der Waals surface area contributed by atoms with Crippen LogP contribution in [-0.4, -0.2) is 15.5 Å². The van der Waals surface area contributed by atoms with Gasteiger partial charge in [0, 0.05) is 17.6 Å². The maximum atomic E-state index is 13.0. The Hall–Kier alpha value is -3.01. The van der Waals surface area contributed by atoms with Crippen LogP contribution in [0.2, 0.25) is 0 Å². The first-order valence-corrected chi connectivity index (χ1v) is 8.53. The Kier molecular flexibility index (Phi) is 3.80. The predicted octanol–water partition coefficient (Wildman–Crippen LogP) is 4.89. The van der Waals surface area contributed by atoms with Crippen molar-refractivity contribution in [3.8, 4) is 5.69 Å². The van der Waals surface area contributed by atoms with E-state index in [1.54, 1.807) is 0 Å². The van der Waals surface area contributed by atoms with E-state index in [0.29, 0.717) is 6.54 Å². The molecule has 0 aliphatic carbocycles. The van der Waals surface area contributed by atoms with Gasteiger partial charge in [0.25, 0.3) is 0 Å². The minimum Gasteiger partial charge on any atom is -0.318 e. The van der Waals surface area contributed by atoms with Crippen LogP contribution < -0.4 is 5.32 Å². The largest absolute Gasteiger partial charge is 0.322 e. The van der Waals surface area contributed by atoms with E-state index < -0.39 is 0 Å². The molecule has 4 rings (SSSR count). The van der Waals surface area contributed by atoms with Crippen molar-refractivity contribution >= 4 is 11.7 Å². The van der Waals surface area contributed by atoms with Crippen molar-refractivity contribution in [1.29, 1.82) is 0 Å². The molecule has 1 aliphatic heterocycles. The van der Waals surface area contributed by atoms with E-state index in [-0.39, 0.29) is 12.1 Å². The van der Waals surface area contributed by atoms with E-state index in [2.05, 4.69) is 41.2 Å².